The number of ether oxygens (including phenoxy) is 1. The molecule has 1 N–H and O–H groups in total. The van der Waals surface area contributed by atoms with Crippen LogP contribution in [0.15, 0.2) is 47.4 Å². The van der Waals surface area contributed by atoms with Crippen molar-refractivity contribution in [2.75, 3.05) is 31.6 Å². The van der Waals surface area contributed by atoms with Crippen molar-refractivity contribution in [2.24, 2.45) is 0 Å². The fourth-order valence-electron chi connectivity index (χ4n) is 3.47. The maximum absolute atomic E-state index is 12.9. The second-order valence-electron chi connectivity index (χ2n) is 7.60. The molecule has 0 atom stereocenters. The van der Waals surface area contributed by atoms with E-state index in [2.05, 4.69) is 12.2 Å². The van der Waals surface area contributed by atoms with E-state index in [4.69, 9.17) is 4.74 Å². The standard InChI is InChI=1S/C23H30N2O4S/c1-3-4-5-6-19-8-10-20(11-9-19)24-23(26)22-17-21(12-7-18(22)2)30(27,28)25-13-15-29-16-14-25/h7-12,17H,3-6,13-16H2,1-2H3,(H,24,26). The molecule has 1 amide bonds. The highest BCUT2D eigenvalue weighted by molar-refractivity contribution is 7.89. The first-order chi connectivity index (χ1) is 14.4. The second kappa shape index (κ2) is 10.2. The van der Waals surface area contributed by atoms with E-state index in [1.54, 1.807) is 19.1 Å². The molecule has 3 rings (SSSR count). The van der Waals surface area contributed by atoms with Crippen LogP contribution in [0.4, 0.5) is 5.69 Å². The Morgan fingerprint density at radius 1 is 1.07 bits per heavy atom. The number of aryl methyl sites for hydroxylation is 2. The third kappa shape index (κ3) is 5.47. The summed E-state index contributed by atoms with van der Waals surface area (Å²) in [5.74, 6) is -0.315. The minimum absolute atomic E-state index is 0.131. The number of sulfonamides is 1. The molecule has 0 bridgehead atoms. The number of morpholine rings is 1. The zero-order valence-corrected chi connectivity index (χ0v) is 18.5. The molecule has 1 heterocycles. The number of rotatable bonds is 8. The van der Waals surface area contributed by atoms with Crippen LogP contribution >= 0.6 is 0 Å². The molecule has 2 aromatic rings. The highest BCUT2D eigenvalue weighted by atomic mass is 32.2. The largest absolute Gasteiger partial charge is 0.379 e. The predicted molar refractivity (Wildman–Crippen MR) is 118 cm³/mol. The Morgan fingerprint density at radius 3 is 2.43 bits per heavy atom. The van der Waals surface area contributed by atoms with Gasteiger partial charge in [0.25, 0.3) is 5.91 Å². The second-order valence-corrected chi connectivity index (χ2v) is 9.54. The molecule has 30 heavy (non-hydrogen) atoms. The molecule has 2 aromatic carbocycles. The lowest BCUT2D eigenvalue weighted by Crippen LogP contribution is -2.40. The lowest BCUT2D eigenvalue weighted by Gasteiger charge is -2.26. The van der Waals surface area contributed by atoms with E-state index in [9.17, 15) is 13.2 Å². The van der Waals surface area contributed by atoms with Gasteiger partial charge in [-0.3, -0.25) is 4.79 Å². The quantitative estimate of drug-likeness (QED) is 0.642. The Hall–Kier alpha value is -2.22. The van der Waals surface area contributed by atoms with Gasteiger partial charge in [-0.1, -0.05) is 38.0 Å². The summed E-state index contributed by atoms with van der Waals surface area (Å²) < 4.78 is 32.5. The molecule has 0 unspecified atom stereocenters. The van der Waals surface area contributed by atoms with Gasteiger partial charge in [-0.05, 0) is 55.2 Å². The third-order valence-corrected chi connectivity index (χ3v) is 7.24. The van der Waals surface area contributed by atoms with E-state index in [-0.39, 0.29) is 10.8 Å². The predicted octanol–water partition coefficient (Wildman–Crippen LogP) is 4.00. The van der Waals surface area contributed by atoms with Crippen LogP contribution in [-0.2, 0) is 21.2 Å². The molecule has 162 valence electrons. The normalized spacial score (nSPS) is 15.1. The minimum atomic E-state index is -3.65. The van der Waals surface area contributed by atoms with Gasteiger partial charge >= 0.3 is 0 Å². The van der Waals surface area contributed by atoms with Crippen LogP contribution < -0.4 is 5.32 Å². The minimum Gasteiger partial charge on any atom is -0.379 e. The molecule has 0 saturated carbocycles. The van der Waals surface area contributed by atoms with E-state index in [0.717, 1.165) is 18.4 Å². The number of anilines is 1. The van der Waals surface area contributed by atoms with Gasteiger partial charge in [-0.15, -0.1) is 0 Å². The maximum atomic E-state index is 12.9. The van der Waals surface area contributed by atoms with Gasteiger partial charge in [0.15, 0.2) is 0 Å². The number of nitrogens with zero attached hydrogens (tertiary/aromatic N) is 1. The van der Waals surface area contributed by atoms with Gasteiger partial charge in [0.1, 0.15) is 0 Å². The molecule has 1 aliphatic heterocycles. The Bertz CT molecular complexity index is 965. The van der Waals surface area contributed by atoms with Crippen LogP contribution in [0.25, 0.3) is 0 Å². The van der Waals surface area contributed by atoms with E-state index in [1.165, 1.54) is 28.8 Å². The van der Waals surface area contributed by atoms with Crippen molar-refractivity contribution < 1.29 is 17.9 Å². The van der Waals surface area contributed by atoms with Crippen molar-refractivity contribution in [3.63, 3.8) is 0 Å². The Morgan fingerprint density at radius 2 is 1.77 bits per heavy atom. The first-order valence-corrected chi connectivity index (χ1v) is 11.9. The molecule has 1 saturated heterocycles. The number of carbonyl (C=O) groups excluding carboxylic acids is 1. The van der Waals surface area contributed by atoms with Crippen LogP contribution in [0, 0.1) is 6.92 Å². The monoisotopic (exact) mass is 430 g/mol. The van der Waals surface area contributed by atoms with E-state index >= 15 is 0 Å². The summed E-state index contributed by atoms with van der Waals surface area (Å²) in [7, 11) is -3.65. The van der Waals surface area contributed by atoms with Gasteiger partial charge in [-0.25, -0.2) is 8.42 Å². The SMILES string of the molecule is CCCCCc1ccc(NC(=O)c2cc(S(=O)(=O)N3CCOCC3)ccc2C)cc1. The van der Waals surface area contributed by atoms with Crippen molar-refractivity contribution in [2.45, 2.75) is 44.4 Å². The van der Waals surface area contributed by atoms with E-state index in [0.29, 0.717) is 37.6 Å². The van der Waals surface area contributed by atoms with Crippen molar-refractivity contribution >= 4 is 21.6 Å². The maximum Gasteiger partial charge on any atom is 0.255 e. The summed E-state index contributed by atoms with van der Waals surface area (Å²) in [5.41, 5.74) is 3.03. The van der Waals surface area contributed by atoms with Crippen molar-refractivity contribution in [1.29, 1.82) is 0 Å². The number of nitrogens with one attached hydrogen (secondary N) is 1. The fourth-order valence-corrected chi connectivity index (χ4v) is 4.91. The van der Waals surface area contributed by atoms with Gasteiger partial charge in [0, 0.05) is 24.3 Å². The van der Waals surface area contributed by atoms with Crippen molar-refractivity contribution in [1.82, 2.24) is 4.31 Å². The van der Waals surface area contributed by atoms with E-state index in [1.807, 2.05) is 24.3 Å². The zero-order valence-electron chi connectivity index (χ0n) is 17.7. The lowest BCUT2D eigenvalue weighted by atomic mass is 10.1. The smallest absolute Gasteiger partial charge is 0.255 e. The number of hydrogen-bond acceptors (Lipinski definition) is 4. The van der Waals surface area contributed by atoms with Gasteiger partial charge in [0.2, 0.25) is 10.0 Å². The molecule has 1 fully saturated rings. The number of benzene rings is 2. The summed E-state index contributed by atoms with van der Waals surface area (Å²) in [6, 6.07) is 12.5. The topological polar surface area (TPSA) is 75.7 Å². The number of amides is 1. The molecule has 0 radical (unpaired) electrons. The van der Waals surface area contributed by atoms with Crippen LogP contribution in [0.5, 0.6) is 0 Å². The van der Waals surface area contributed by atoms with Crippen molar-refractivity contribution in [3.8, 4) is 0 Å². The highest BCUT2D eigenvalue weighted by Gasteiger charge is 2.27. The van der Waals surface area contributed by atoms with Crippen LogP contribution in [0.1, 0.15) is 47.7 Å². The third-order valence-electron chi connectivity index (χ3n) is 5.34. The Kier molecular flexibility index (Phi) is 7.64. The fraction of sp³-hybridized carbons (Fsp3) is 0.435. The molecule has 7 heteroatoms. The van der Waals surface area contributed by atoms with Gasteiger partial charge < -0.3 is 10.1 Å². The van der Waals surface area contributed by atoms with Crippen LogP contribution in [-0.4, -0.2) is 44.9 Å². The summed E-state index contributed by atoms with van der Waals surface area (Å²) in [6.45, 7) is 5.39. The number of hydrogen-bond donors (Lipinski definition) is 1. The van der Waals surface area contributed by atoms with Crippen LogP contribution in [0.3, 0.4) is 0 Å². The molecule has 1 aliphatic rings. The summed E-state index contributed by atoms with van der Waals surface area (Å²) in [6.07, 6.45) is 4.59. The summed E-state index contributed by atoms with van der Waals surface area (Å²) >= 11 is 0. The molecule has 0 aromatic heterocycles. The molecule has 6 nitrogen and oxygen atoms in total. The molecule has 0 aliphatic carbocycles. The number of unbranched alkanes of at least 4 members (excludes halogenated alkanes) is 2. The molecular formula is C23H30N2O4S. The average Bonchev–Trinajstić information content (AvgIpc) is 2.76. The summed E-state index contributed by atoms with van der Waals surface area (Å²) in [5, 5.41) is 2.88. The first-order valence-electron chi connectivity index (χ1n) is 10.5. The first kappa shape index (κ1) is 22.5. The number of carbonyl (C=O) groups is 1. The summed E-state index contributed by atoms with van der Waals surface area (Å²) in [4.78, 5) is 13.0. The van der Waals surface area contributed by atoms with Gasteiger partial charge in [0.05, 0.1) is 18.1 Å². The highest BCUT2D eigenvalue weighted by Crippen LogP contribution is 2.22. The Labute approximate surface area is 179 Å². The molecular weight excluding hydrogens is 400 g/mol. The lowest BCUT2D eigenvalue weighted by molar-refractivity contribution is 0.0730. The average molecular weight is 431 g/mol. The van der Waals surface area contributed by atoms with Crippen LogP contribution in [0.2, 0.25) is 0 Å². The molecule has 0 spiro atoms. The van der Waals surface area contributed by atoms with Crippen molar-refractivity contribution in [3.05, 3.63) is 59.2 Å². The Balaban J connectivity index is 1.73. The van der Waals surface area contributed by atoms with Gasteiger partial charge in [-0.2, -0.15) is 4.31 Å². The van der Waals surface area contributed by atoms with E-state index < -0.39 is 10.0 Å². The zero-order chi connectivity index (χ0) is 21.6.